The minimum absolute atomic E-state index is 0.171. The van der Waals surface area contributed by atoms with Crippen LogP contribution in [-0.2, 0) is 0 Å². The molecule has 5 heteroatoms. The summed E-state index contributed by atoms with van der Waals surface area (Å²) in [6.07, 6.45) is 0. The molecule has 0 aliphatic rings. The number of halogens is 1. The molecule has 0 spiro atoms. The van der Waals surface area contributed by atoms with E-state index >= 15 is 0 Å². The second-order valence-electron chi connectivity index (χ2n) is 3.56. The summed E-state index contributed by atoms with van der Waals surface area (Å²) in [6.45, 7) is 3.98. The van der Waals surface area contributed by atoms with E-state index in [9.17, 15) is 0 Å². The predicted molar refractivity (Wildman–Crippen MR) is 69.7 cm³/mol. The molecule has 0 aliphatic heterocycles. The zero-order chi connectivity index (χ0) is 12.1. The van der Waals surface area contributed by atoms with Gasteiger partial charge in [0, 0.05) is 16.1 Å². The molecule has 3 N–H and O–H groups in total. The number of hydrogen-bond acceptors (Lipinski definition) is 3. The standard InChI is InChI=1S/C11H16BrN3O/c1-7(2)14-11(15-13)9-6-8(16-3)4-5-10(9)12/h4-7H,13H2,1-3H3,(H,14,15). The van der Waals surface area contributed by atoms with E-state index in [0.717, 1.165) is 15.8 Å². The molecule has 0 amide bonds. The van der Waals surface area contributed by atoms with Gasteiger partial charge in [-0.25, -0.2) is 5.84 Å². The number of nitrogens with zero attached hydrogens (tertiary/aromatic N) is 1. The van der Waals surface area contributed by atoms with Crippen LogP contribution in [0, 0.1) is 0 Å². The van der Waals surface area contributed by atoms with Crippen molar-refractivity contribution in [3.63, 3.8) is 0 Å². The van der Waals surface area contributed by atoms with Crippen LogP contribution in [0.5, 0.6) is 5.75 Å². The summed E-state index contributed by atoms with van der Waals surface area (Å²) in [6, 6.07) is 5.83. The molecule has 1 aromatic rings. The Bertz CT molecular complexity index is 391. The molecule has 16 heavy (non-hydrogen) atoms. The minimum atomic E-state index is 0.171. The number of hydrogen-bond donors (Lipinski definition) is 2. The lowest BCUT2D eigenvalue weighted by atomic mass is 10.2. The largest absolute Gasteiger partial charge is 0.497 e. The van der Waals surface area contributed by atoms with Gasteiger partial charge in [0.1, 0.15) is 11.6 Å². The Morgan fingerprint density at radius 2 is 2.19 bits per heavy atom. The second kappa shape index (κ2) is 5.86. The maximum absolute atomic E-state index is 5.47. The van der Waals surface area contributed by atoms with Crippen LogP contribution in [0.25, 0.3) is 0 Å². The highest BCUT2D eigenvalue weighted by molar-refractivity contribution is 9.10. The van der Waals surface area contributed by atoms with Crippen molar-refractivity contribution >= 4 is 21.8 Å². The SMILES string of the molecule is COc1ccc(Br)c(C(=NC(C)C)NN)c1. The quantitative estimate of drug-likeness (QED) is 0.387. The Morgan fingerprint density at radius 3 is 2.69 bits per heavy atom. The molecule has 0 heterocycles. The van der Waals surface area contributed by atoms with Gasteiger partial charge in [0.05, 0.1) is 7.11 Å². The van der Waals surface area contributed by atoms with E-state index in [1.54, 1.807) is 7.11 Å². The minimum Gasteiger partial charge on any atom is -0.497 e. The van der Waals surface area contributed by atoms with Gasteiger partial charge >= 0.3 is 0 Å². The third-order valence-electron chi connectivity index (χ3n) is 1.95. The van der Waals surface area contributed by atoms with E-state index in [-0.39, 0.29) is 6.04 Å². The summed E-state index contributed by atoms with van der Waals surface area (Å²) in [5.74, 6) is 6.88. The van der Waals surface area contributed by atoms with Crippen LogP contribution < -0.4 is 16.0 Å². The first-order valence-corrected chi connectivity index (χ1v) is 5.76. The molecule has 1 rings (SSSR count). The number of nitrogens with two attached hydrogens (primary N) is 1. The smallest absolute Gasteiger partial charge is 0.144 e. The third kappa shape index (κ3) is 3.21. The maximum Gasteiger partial charge on any atom is 0.144 e. The van der Waals surface area contributed by atoms with E-state index in [0.29, 0.717) is 5.84 Å². The van der Waals surface area contributed by atoms with Crippen molar-refractivity contribution in [3.05, 3.63) is 28.2 Å². The molecule has 0 unspecified atom stereocenters. The Hall–Kier alpha value is -1.07. The summed E-state index contributed by atoms with van der Waals surface area (Å²) in [4.78, 5) is 4.40. The van der Waals surface area contributed by atoms with Gasteiger partial charge in [-0.2, -0.15) is 0 Å². The third-order valence-corrected chi connectivity index (χ3v) is 2.64. The number of benzene rings is 1. The van der Waals surface area contributed by atoms with Crippen LogP contribution in [0.1, 0.15) is 19.4 Å². The number of amidine groups is 1. The lowest BCUT2D eigenvalue weighted by Gasteiger charge is -2.11. The number of aliphatic imine (C=N–C) groups is 1. The molecular weight excluding hydrogens is 270 g/mol. The molecule has 1 aromatic carbocycles. The van der Waals surface area contributed by atoms with Crippen molar-refractivity contribution < 1.29 is 4.74 Å². The fourth-order valence-electron chi connectivity index (χ4n) is 1.26. The summed E-state index contributed by atoms with van der Waals surface area (Å²) in [5, 5.41) is 0. The molecule has 0 aliphatic carbocycles. The number of hydrazine groups is 1. The lowest BCUT2D eigenvalue weighted by molar-refractivity contribution is 0.414. The van der Waals surface area contributed by atoms with E-state index in [1.807, 2.05) is 32.0 Å². The molecular formula is C11H16BrN3O. The molecule has 88 valence electrons. The van der Waals surface area contributed by atoms with Crippen molar-refractivity contribution in [2.45, 2.75) is 19.9 Å². The van der Waals surface area contributed by atoms with Gasteiger partial charge in [-0.3, -0.25) is 4.99 Å². The molecule has 0 radical (unpaired) electrons. The van der Waals surface area contributed by atoms with Gasteiger partial charge in [0.15, 0.2) is 0 Å². The molecule has 0 saturated carbocycles. The average Bonchev–Trinajstić information content (AvgIpc) is 2.26. The first-order chi connectivity index (χ1) is 7.58. The predicted octanol–water partition coefficient (Wildman–Crippen LogP) is 2.08. The molecule has 4 nitrogen and oxygen atoms in total. The van der Waals surface area contributed by atoms with Crippen LogP contribution in [0.2, 0.25) is 0 Å². The van der Waals surface area contributed by atoms with Gasteiger partial charge in [-0.1, -0.05) is 15.9 Å². The molecule has 0 bridgehead atoms. The highest BCUT2D eigenvalue weighted by Gasteiger charge is 2.08. The van der Waals surface area contributed by atoms with Crippen LogP contribution >= 0.6 is 15.9 Å². The van der Waals surface area contributed by atoms with Crippen molar-refractivity contribution in [1.82, 2.24) is 5.43 Å². The Kier molecular flexibility index (Phi) is 4.76. The van der Waals surface area contributed by atoms with Gasteiger partial charge in [-0.15, -0.1) is 0 Å². The summed E-state index contributed by atoms with van der Waals surface area (Å²) in [5.41, 5.74) is 3.49. The summed E-state index contributed by atoms with van der Waals surface area (Å²) < 4.78 is 6.09. The van der Waals surface area contributed by atoms with E-state index in [4.69, 9.17) is 10.6 Å². The van der Waals surface area contributed by atoms with Crippen molar-refractivity contribution in [2.75, 3.05) is 7.11 Å². The second-order valence-corrected chi connectivity index (χ2v) is 4.42. The zero-order valence-corrected chi connectivity index (χ0v) is 11.2. The van der Waals surface area contributed by atoms with Gasteiger partial charge in [0.25, 0.3) is 0 Å². The van der Waals surface area contributed by atoms with Crippen LogP contribution in [0.4, 0.5) is 0 Å². The van der Waals surface area contributed by atoms with Crippen LogP contribution in [-0.4, -0.2) is 19.0 Å². The van der Waals surface area contributed by atoms with E-state index in [2.05, 4.69) is 26.3 Å². The summed E-state index contributed by atoms with van der Waals surface area (Å²) >= 11 is 3.46. The number of rotatable bonds is 3. The average molecular weight is 286 g/mol. The Balaban J connectivity index is 3.18. The molecule has 0 fully saturated rings. The normalized spacial score (nSPS) is 11.8. The van der Waals surface area contributed by atoms with Crippen molar-refractivity contribution in [1.29, 1.82) is 0 Å². The summed E-state index contributed by atoms with van der Waals surface area (Å²) in [7, 11) is 1.63. The van der Waals surface area contributed by atoms with Crippen molar-refractivity contribution in [3.8, 4) is 5.75 Å². The maximum atomic E-state index is 5.47. The van der Waals surface area contributed by atoms with E-state index in [1.165, 1.54) is 0 Å². The number of ether oxygens (including phenoxy) is 1. The zero-order valence-electron chi connectivity index (χ0n) is 9.62. The van der Waals surface area contributed by atoms with E-state index < -0.39 is 0 Å². The highest BCUT2D eigenvalue weighted by Crippen LogP contribution is 2.22. The van der Waals surface area contributed by atoms with Gasteiger partial charge < -0.3 is 10.2 Å². The molecule has 0 atom stereocenters. The van der Waals surface area contributed by atoms with Crippen LogP contribution in [0.15, 0.2) is 27.7 Å². The van der Waals surface area contributed by atoms with Crippen molar-refractivity contribution in [2.24, 2.45) is 10.8 Å². The first kappa shape index (κ1) is 13.0. The number of methoxy groups -OCH3 is 1. The highest BCUT2D eigenvalue weighted by atomic mass is 79.9. The Morgan fingerprint density at radius 1 is 1.50 bits per heavy atom. The molecule has 0 aromatic heterocycles. The fraction of sp³-hybridized carbons (Fsp3) is 0.364. The molecule has 0 saturated heterocycles. The Labute approximate surface area is 104 Å². The van der Waals surface area contributed by atoms with Crippen LogP contribution in [0.3, 0.4) is 0 Å². The van der Waals surface area contributed by atoms with Gasteiger partial charge in [0.2, 0.25) is 0 Å². The monoisotopic (exact) mass is 285 g/mol. The number of nitrogens with one attached hydrogen (secondary N) is 1. The van der Waals surface area contributed by atoms with Gasteiger partial charge in [-0.05, 0) is 32.0 Å². The fourth-order valence-corrected chi connectivity index (χ4v) is 1.69. The topological polar surface area (TPSA) is 59.6 Å². The first-order valence-electron chi connectivity index (χ1n) is 4.96. The lowest BCUT2D eigenvalue weighted by Crippen LogP contribution is -2.32.